The summed E-state index contributed by atoms with van der Waals surface area (Å²) in [5.74, 6) is -0.461. The Bertz CT molecular complexity index is 1000. The Labute approximate surface area is 165 Å². The summed E-state index contributed by atoms with van der Waals surface area (Å²) < 4.78 is 46.0. The van der Waals surface area contributed by atoms with Crippen molar-refractivity contribution >= 4 is 11.7 Å². The first-order chi connectivity index (χ1) is 13.6. The highest BCUT2D eigenvalue weighted by atomic mass is 19.4. The van der Waals surface area contributed by atoms with E-state index in [9.17, 15) is 28.0 Å². The number of carbonyl (C=O) groups excluding carboxylic acids is 1. The zero-order chi connectivity index (χ0) is 21.8. The molecule has 10 heteroatoms. The number of nitrogens with zero attached hydrogens (tertiary/aromatic N) is 3. The van der Waals surface area contributed by atoms with E-state index in [1.807, 2.05) is 6.07 Å². The molecule has 1 N–H and O–H groups in total. The topological polar surface area (TPSA) is 89.1 Å². The number of carbonyl (C=O) groups is 1. The molecule has 7 nitrogen and oxygen atoms in total. The molecular weight excluding hydrogens is 389 g/mol. The Hall–Kier alpha value is -3.06. The second kappa shape index (κ2) is 8.96. The minimum Gasteiger partial charge on any atom is -0.385 e. The minimum atomic E-state index is -4.63. The van der Waals surface area contributed by atoms with Gasteiger partial charge in [-0.25, -0.2) is 0 Å². The molecule has 2 heterocycles. The zero-order valence-electron chi connectivity index (χ0n) is 16.3. The SMILES string of the molecule is COCCCn1c(C)c(C)c(C#N)c1NC(=O)Cn1cc(C(F)(F)F)ccc1=O. The summed E-state index contributed by atoms with van der Waals surface area (Å²) in [4.78, 5) is 24.3. The quantitative estimate of drug-likeness (QED) is 0.711. The van der Waals surface area contributed by atoms with Crippen LogP contribution in [0, 0.1) is 25.2 Å². The van der Waals surface area contributed by atoms with Crippen molar-refractivity contribution in [2.24, 2.45) is 0 Å². The number of halogens is 3. The van der Waals surface area contributed by atoms with Gasteiger partial charge in [-0.2, -0.15) is 18.4 Å². The van der Waals surface area contributed by atoms with Crippen molar-refractivity contribution in [3.8, 4) is 6.07 Å². The number of alkyl halides is 3. The maximum absolute atomic E-state index is 12.9. The molecule has 2 aromatic rings. The van der Waals surface area contributed by atoms with Gasteiger partial charge in [-0.3, -0.25) is 9.59 Å². The Morgan fingerprint density at radius 3 is 2.59 bits per heavy atom. The highest BCUT2D eigenvalue weighted by Gasteiger charge is 2.31. The Morgan fingerprint density at radius 1 is 1.31 bits per heavy atom. The number of aromatic nitrogens is 2. The van der Waals surface area contributed by atoms with Crippen molar-refractivity contribution in [1.29, 1.82) is 5.26 Å². The number of amides is 1. The van der Waals surface area contributed by atoms with Crippen LogP contribution >= 0.6 is 0 Å². The number of anilines is 1. The normalized spacial score (nSPS) is 11.3. The Balaban J connectivity index is 2.31. The molecule has 0 aliphatic carbocycles. The molecule has 0 radical (unpaired) electrons. The third-order valence-corrected chi connectivity index (χ3v) is 4.55. The van der Waals surface area contributed by atoms with Gasteiger partial charge in [-0.1, -0.05) is 0 Å². The summed E-state index contributed by atoms with van der Waals surface area (Å²) in [6, 6.07) is 3.47. The predicted molar refractivity (Wildman–Crippen MR) is 99.4 cm³/mol. The molecule has 0 aromatic carbocycles. The van der Waals surface area contributed by atoms with E-state index in [4.69, 9.17) is 4.74 Å². The monoisotopic (exact) mass is 410 g/mol. The fourth-order valence-corrected chi connectivity index (χ4v) is 2.93. The first kappa shape index (κ1) is 22.2. The van der Waals surface area contributed by atoms with Gasteiger partial charge in [0.25, 0.3) is 5.56 Å². The predicted octanol–water partition coefficient (Wildman–Crippen LogP) is 2.83. The second-order valence-electron chi connectivity index (χ2n) is 6.47. The summed E-state index contributed by atoms with van der Waals surface area (Å²) in [5.41, 5.74) is -0.0287. The second-order valence-corrected chi connectivity index (χ2v) is 6.47. The van der Waals surface area contributed by atoms with Crippen molar-refractivity contribution in [2.75, 3.05) is 19.0 Å². The molecule has 1 amide bonds. The molecule has 0 bridgehead atoms. The van der Waals surface area contributed by atoms with Crippen LogP contribution < -0.4 is 10.9 Å². The van der Waals surface area contributed by atoms with Crippen molar-refractivity contribution < 1.29 is 22.7 Å². The molecule has 0 aliphatic rings. The van der Waals surface area contributed by atoms with Crippen LogP contribution in [-0.2, 0) is 28.8 Å². The van der Waals surface area contributed by atoms with Gasteiger partial charge in [0.05, 0.1) is 11.1 Å². The van der Waals surface area contributed by atoms with E-state index in [-0.39, 0.29) is 11.4 Å². The molecule has 0 aliphatic heterocycles. The molecule has 0 fully saturated rings. The smallest absolute Gasteiger partial charge is 0.385 e. The van der Waals surface area contributed by atoms with E-state index in [1.165, 1.54) is 0 Å². The number of hydrogen-bond acceptors (Lipinski definition) is 4. The highest BCUT2D eigenvalue weighted by Crippen LogP contribution is 2.28. The molecule has 0 saturated carbocycles. The third-order valence-electron chi connectivity index (χ3n) is 4.55. The van der Waals surface area contributed by atoms with Gasteiger partial charge in [-0.05, 0) is 31.9 Å². The molecule has 156 valence electrons. The lowest BCUT2D eigenvalue weighted by Gasteiger charge is -2.14. The number of ether oxygens (including phenoxy) is 1. The molecule has 0 spiro atoms. The average molecular weight is 410 g/mol. The van der Waals surface area contributed by atoms with Gasteiger partial charge in [0.2, 0.25) is 5.91 Å². The van der Waals surface area contributed by atoms with Gasteiger partial charge >= 0.3 is 6.18 Å². The number of rotatable bonds is 7. The van der Waals surface area contributed by atoms with Gasteiger partial charge in [0, 0.05) is 38.2 Å². The lowest BCUT2D eigenvalue weighted by atomic mass is 10.2. The van der Waals surface area contributed by atoms with Crippen molar-refractivity contribution in [2.45, 2.75) is 39.5 Å². The van der Waals surface area contributed by atoms with Crippen LogP contribution in [0.5, 0.6) is 0 Å². The molecule has 0 unspecified atom stereocenters. The van der Waals surface area contributed by atoms with E-state index >= 15 is 0 Å². The first-order valence-corrected chi connectivity index (χ1v) is 8.76. The van der Waals surface area contributed by atoms with E-state index in [2.05, 4.69) is 5.32 Å². The Morgan fingerprint density at radius 2 is 2.00 bits per heavy atom. The van der Waals surface area contributed by atoms with E-state index < -0.39 is 29.8 Å². The summed E-state index contributed by atoms with van der Waals surface area (Å²) in [6.45, 7) is 3.88. The van der Waals surface area contributed by atoms with E-state index in [0.29, 0.717) is 42.0 Å². The van der Waals surface area contributed by atoms with Crippen LogP contribution in [0.1, 0.15) is 28.8 Å². The fraction of sp³-hybridized carbons (Fsp3) is 0.421. The van der Waals surface area contributed by atoms with Crippen LogP contribution in [0.2, 0.25) is 0 Å². The average Bonchev–Trinajstić information content (AvgIpc) is 2.86. The number of hydrogen-bond donors (Lipinski definition) is 1. The van der Waals surface area contributed by atoms with Gasteiger partial charge in [0.15, 0.2) is 0 Å². The largest absolute Gasteiger partial charge is 0.417 e. The summed E-state index contributed by atoms with van der Waals surface area (Å²) in [7, 11) is 1.56. The number of nitrogens with one attached hydrogen (secondary N) is 1. The molecule has 0 saturated heterocycles. The lowest BCUT2D eigenvalue weighted by Crippen LogP contribution is -2.29. The molecule has 2 rings (SSSR count). The van der Waals surface area contributed by atoms with Crippen LogP contribution in [0.15, 0.2) is 23.1 Å². The Kier molecular flexibility index (Phi) is 6.87. The molecule has 0 atom stereocenters. The molecule has 29 heavy (non-hydrogen) atoms. The summed E-state index contributed by atoms with van der Waals surface area (Å²) in [6.07, 6.45) is -3.41. The minimum absolute atomic E-state index is 0.253. The summed E-state index contributed by atoms with van der Waals surface area (Å²) >= 11 is 0. The fourth-order valence-electron chi connectivity index (χ4n) is 2.93. The van der Waals surface area contributed by atoms with Gasteiger partial charge in [0.1, 0.15) is 18.4 Å². The van der Waals surface area contributed by atoms with Crippen LogP contribution in [0.4, 0.5) is 19.0 Å². The van der Waals surface area contributed by atoms with E-state index in [0.717, 1.165) is 11.8 Å². The maximum Gasteiger partial charge on any atom is 0.417 e. The summed E-state index contributed by atoms with van der Waals surface area (Å²) in [5, 5.41) is 12.0. The van der Waals surface area contributed by atoms with Gasteiger partial charge < -0.3 is 19.2 Å². The van der Waals surface area contributed by atoms with Crippen LogP contribution in [-0.4, -0.2) is 28.8 Å². The van der Waals surface area contributed by atoms with Crippen LogP contribution in [0.3, 0.4) is 0 Å². The first-order valence-electron chi connectivity index (χ1n) is 8.76. The maximum atomic E-state index is 12.9. The molecular formula is C19H21F3N4O3. The highest BCUT2D eigenvalue weighted by molar-refractivity contribution is 5.91. The van der Waals surface area contributed by atoms with Crippen molar-refractivity contribution in [1.82, 2.24) is 9.13 Å². The van der Waals surface area contributed by atoms with Crippen molar-refractivity contribution in [3.05, 3.63) is 51.1 Å². The number of nitriles is 1. The molecule has 2 aromatic heterocycles. The van der Waals surface area contributed by atoms with Crippen LogP contribution in [0.25, 0.3) is 0 Å². The standard InChI is InChI=1S/C19H21F3N4O3/c1-12-13(2)26(7-4-8-29-3)18(15(12)9-23)24-16(27)11-25-10-14(19(20,21)22)5-6-17(25)28/h5-6,10H,4,7-8,11H2,1-3H3,(H,24,27). The van der Waals surface area contributed by atoms with Crippen molar-refractivity contribution in [3.63, 3.8) is 0 Å². The van der Waals surface area contributed by atoms with Gasteiger partial charge in [-0.15, -0.1) is 0 Å². The third kappa shape index (κ3) is 5.06. The number of methoxy groups -OCH3 is 1. The zero-order valence-corrected chi connectivity index (χ0v) is 16.3. The van der Waals surface area contributed by atoms with E-state index in [1.54, 1.807) is 25.5 Å². The lowest BCUT2D eigenvalue weighted by molar-refractivity contribution is -0.138. The number of pyridine rings is 1.